The SMILES string of the molecule is COc1cc(=O)n(-c2ccccc2)nc1C(=O)NC1CCCCC1C. The van der Waals surface area contributed by atoms with Crippen LogP contribution in [0, 0.1) is 5.92 Å². The molecule has 2 aromatic rings. The standard InChI is InChI=1S/C19H23N3O3/c1-13-8-6-7-11-15(13)20-19(24)18-16(25-2)12-17(23)22(21-18)14-9-4-3-5-10-14/h3-5,9-10,12-13,15H,6-8,11H2,1-2H3,(H,20,24). The molecule has 25 heavy (non-hydrogen) atoms. The maximum atomic E-state index is 12.8. The van der Waals surface area contributed by atoms with Gasteiger partial charge in [0.15, 0.2) is 11.4 Å². The third-order valence-electron chi connectivity index (χ3n) is 4.76. The summed E-state index contributed by atoms with van der Waals surface area (Å²) >= 11 is 0. The molecule has 1 aliphatic carbocycles. The van der Waals surface area contributed by atoms with Crippen molar-refractivity contribution in [2.45, 2.75) is 38.6 Å². The number of aromatic nitrogens is 2. The van der Waals surface area contributed by atoms with Crippen LogP contribution >= 0.6 is 0 Å². The molecule has 0 spiro atoms. The number of amides is 1. The first-order chi connectivity index (χ1) is 12.1. The van der Waals surface area contributed by atoms with Gasteiger partial charge in [-0.15, -0.1) is 0 Å². The summed E-state index contributed by atoms with van der Waals surface area (Å²) in [5, 5.41) is 7.33. The number of carbonyl (C=O) groups excluding carboxylic acids is 1. The monoisotopic (exact) mass is 341 g/mol. The van der Waals surface area contributed by atoms with Gasteiger partial charge < -0.3 is 10.1 Å². The van der Waals surface area contributed by atoms with E-state index in [0.29, 0.717) is 11.6 Å². The molecule has 1 aromatic carbocycles. The lowest BCUT2D eigenvalue weighted by atomic mass is 9.86. The predicted molar refractivity (Wildman–Crippen MR) is 95.3 cm³/mol. The predicted octanol–water partition coefficient (Wildman–Crippen LogP) is 2.55. The molecule has 0 saturated heterocycles. The molecule has 1 heterocycles. The summed E-state index contributed by atoms with van der Waals surface area (Å²) < 4.78 is 6.44. The van der Waals surface area contributed by atoms with Gasteiger partial charge >= 0.3 is 0 Å². The second kappa shape index (κ2) is 7.51. The van der Waals surface area contributed by atoms with Crippen molar-refractivity contribution < 1.29 is 9.53 Å². The maximum Gasteiger partial charge on any atom is 0.275 e. The zero-order chi connectivity index (χ0) is 17.8. The van der Waals surface area contributed by atoms with E-state index in [1.165, 1.54) is 24.3 Å². The first-order valence-corrected chi connectivity index (χ1v) is 8.65. The molecule has 1 aliphatic rings. The van der Waals surface area contributed by atoms with Crippen LogP contribution in [0.3, 0.4) is 0 Å². The third kappa shape index (κ3) is 3.73. The highest BCUT2D eigenvalue weighted by molar-refractivity contribution is 5.95. The summed E-state index contributed by atoms with van der Waals surface area (Å²) in [6, 6.07) is 10.5. The van der Waals surface area contributed by atoms with E-state index in [1.54, 1.807) is 12.1 Å². The smallest absolute Gasteiger partial charge is 0.275 e. The Morgan fingerprint density at radius 3 is 2.64 bits per heavy atom. The highest BCUT2D eigenvalue weighted by Gasteiger charge is 2.26. The molecule has 6 nitrogen and oxygen atoms in total. The average molecular weight is 341 g/mol. The Morgan fingerprint density at radius 2 is 1.96 bits per heavy atom. The number of methoxy groups -OCH3 is 1. The normalized spacial score (nSPS) is 20.1. The van der Waals surface area contributed by atoms with Gasteiger partial charge in [0.2, 0.25) is 0 Å². The fraction of sp³-hybridized carbons (Fsp3) is 0.421. The molecule has 1 saturated carbocycles. The Bertz CT molecular complexity index is 801. The van der Waals surface area contributed by atoms with Crippen molar-refractivity contribution in [2.24, 2.45) is 5.92 Å². The number of ether oxygens (including phenoxy) is 1. The Labute approximate surface area is 146 Å². The second-order valence-corrected chi connectivity index (χ2v) is 6.49. The lowest BCUT2D eigenvalue weighted by Crippen LogP contribution is -2.42. The fourth-order valence-electron chi connectivity index (χ4n) is 3.27. The van der Waals surface area contributed by atoms with Gasteiger partial charge in [0, 0.05) is 6.04 Å². The van der Waals surface area contributed by atoms with Crippen molar-refractivity contribution in [1.29, 1.82) is 0 Å². The zero-order valence-corrected chi connectivity index (χ0v) is 14.6. The van der Waals surface area contributed by atoms with Crippen LogP contribution in [-0.4, -0.2) is 28.8 Å². The topological polar surface area (TPSA) is 73.2 Å². The summed E-state index contributed by atoms with van der Waals surface area (Å²) in [7, 11) is 1.43. The summed E-state index contributed by atoms with van der Waals surface area (Å²) in [5.74, 6) is 0.321. The number of benzene rings is 1. The number of hydrogen-bond donors (Lipinski definition) is 1. The van der Waals surface area contributed by atoms with Crippen LogP contribution < -0.4 is 15.6 Å². The number of nitrogens with one attached hydrogen (secondary N) is 1. The summed E-state index contributed by atoms with van der Waals surface area (Å²) in [6.45, 7) is 2.15. The second-order valence-electron chi connectivity index (χ2n) is 6.49. The lowest BCUT2D eigenvalue weighted by molar-refractivity contribution is 0.0899. The van der Waals surface area contributed by atoms with Crippen LogP contribution in [-0.2, 0) is 0 Å². The molecule has 2 atom stereocenters. The van der Waals surface area contributed by atoms with E-state index in [-0.39, 0.29) is 29.0 Å². The molecule has 0 bridgehead atoms. The van der Waals surface area contributed by atoms with Crippen molar-refractivity contribution in [1.82, 2.24) is 15.1 Å². The molecule has 1 N–H and O–H groups in total. The zero-order valence-electron chi connectivity index (χ0n) is 14.6. The van der Waals surface area contributed by atoms with E-state index in [4.69, 9.17) is 4.74 Å². The minimum Gasteiger partial charge on any atom is -0.494 e. The Balaban J connectivity index is 1.94. The Hall–Kier alpha value is -2.63. The van der Waals surface area contributed by atoms with Gasteiger partial charge in [-0.2, -0.15) is 9.78 Å². The van der Waals surface area contributed by atoms with Crippen LogP contribution in [0.2, 0.25) is 0 Å². The van der Waals surface area contributed by atoms with E-state index in [0.717, 1.165) is 19.3 Å². The average Bonchev–Trinajstić information content (AvgIpc) is 2.64. The van der Waals surface area contributed by atoms with Gasteiger partial charge in [0.25, 0.3) is 11.5 Å². The molecule has 1 aromatic heterocycles. The molecule has 3 rings (SSSR count). The van der Waals surface area contributed by atoms with Crippen LogP contribution in [0.5, 0.6) is 5.75 Å². The number of hydrogen-bond acceptors (Lipinski definition) is 4. The van der Waals surface area contributed by atoms with E-state index < -0.39 is 0 Å². The van der Waals surface area contributed by atoms with E-state index >= 15 is 0 Å². The molecule has 1 amide bonds. The van der Waals surface area contributed by atoms with Crippen LogP contribution in [0.15, 0.2) is 41.2 Å². The van der Waals surface area contributed by atoms with Gasteiger partial charge in [-0.25, -0.2) is 0 Å². The quantitative estimate of drug-likeness (QED) is 0.927. The van der Waals surface area contributed by atoms with Gasteiger partial charge in [0.1, 0.15) is 0 Å². The minimum absolute atomic E-state index is 0.128. The largest absolute Gasteiger partial charge is 0.494 e. The molecule has 1 fully saturated rings. The Morgan fingerprint density at radius 1 is 1.24 bits per heavy atom. The fourth-order valence-corrected chi connectivity index (χ4v) is 3.27. The van der Waals surface area contributed by atoms with Crippen molar-refractivity contribution in [3.05, 3.63) is 52.4 Å². The molecular weight excluding hydrogens is 318 g/mol. The summed E-state index contributed by atoms with van der Waals surface area (Å²) in [4.78, 5) is 25.1. The lowest BCUT2D eigenvalue weighted by Gasteiger charge is -2.29. The number of para-hydroxylation sites is 1. The summed E-state index contributed by atoms with van der Waals surface area (Å²) in [6.07, 6.45) is 4.39. The first-order valence-electron chi connectivity index (χ1n) is 8.65. The van der Waals surface area contributed by atoms with Gasteiger partial charge in [-0.3, -0.25) is 9.59 Å². The molecule has 6 heteroatoms. The van der Waals surface area contributed by atoms with Gasteiger partial charge in [0.05, 0.1) is 18.9 Å². The van der Waals surface area contributed by atoms with Crippen LogP contribution in [0.1, 0.15) is 43.1 Å². The van der Waals surface area contributed by atoms with Gasteiger partial charge in [-0.1, -0.05) is 38.0 Å². The van der Waals surface area contributed by atoms with Crippen LogP contribution in [0.25, 0.3) is 5.69 Å². The van der Waals surface area contributed by atoms with Gasteiger partial charge in [-0.05, 0) is 30.9 Å². The van der Waals surface area contributed by atoms with Crippen LogP contribution in [0.4, 0.5) is 0 Å². The van der Waals surface area contributed by atoms with E-state index in [1.807, 2.05) is 18.2 Å². The molecule has 2 unspecified atom stereocenters. The van der Waals surface area contributed by atoms with Crippen molar-refractivity contribution >= 4 is 5.91 Å². The Kier molecular flexibility index (Phi) is 5.16. The maximum absolute atomic E-state index is 12.8. The molecular formula is C19H23N3O3. The summed E-state index contributed by atoms with van der Waals surface area (Å²) in [5.41, 5.74) is 0.393. The molecule has 0 radical (unpaired) electrons. The highest BCUT2D eigenvalue weighted by atomic mass is 16.5. The molecule has 0 aliphatic heterocycles. The third-order valence-corrected chi connectivity index (χ3v) is 4.76. The van der Waals surface area contributed by atoms with E-state index in [9.17, 15) is 9.59 Å². The molecule has 132 valence electrons. The van der Waals surface area contributed by atoms with Crippen molar-refractivity contribution in [3.8, 4) is 11.4 Å². The van der Waals surface area contributed by atoms with E-state index in [2.05, 4.69) is 17.3 Å². The number of nitrogens with zero attached hydrogens (tertiary/aromatic N) is 2. The highest BCUT2D eigenvalue weighted by Crippen LogP contribution is 2.24. The van der Waals surface area contributed by atoms with Crippen molar-refractivity contribution in [3.63, 3.8) is 0 Å². The number of rotatable bonds is 4. The minimum atomic E-state index is -0.342. The first kappa shape index (κ1) is 17.2. The van der Waals surface area contributed by atoms with Crippen molar-refractivity contribution in [2.75, 3.05) is 7.11 Å². The number of carbonyl (C=O) groups is 1.